The summed E-state index contributed by atoms with van der Waals surface area (Å²) in [5.74, 6) is 2.10. The minimum atomic E-state index is -0.384. The smallest absolute Gasteiger partial charge is 0.244 e. The van der Waals surface area contributed by atoms with Crippen molar-refractivity contribution < 1.29 is 14.0 Å². The number of aliphatic hydroxyl groups excluding tert-OH is 1. The quantitative estimate of drug-likeness (QED) is 0.801. The van der Waals surface area contributed by atoms with Crippen molar-refractivity contribution in [2.75, 3.05) is 6.54 Å². The third-order valence-corrected chi connectivity index (χ3v) is 4.47. The Morgan fingerprint density at radius 1 is 1.30 bits per heavy atom. The number of aryl methyl sites for hydroxylation is 2. The molecule has 0 amide bonds. The van der Waals surface area contributed by atoms with E-state index in [1.807, 2.05) is 25.1 Å². The molecule has 2 atom stereocenters. The first-order valence-electron chi connectivity index (χ1n) is 7.81. The number of rotatable bonds is 3. The standard InChI is InChI=1S/C17H19N3O3/c1-10-14(13-5-3-4-6-16(13)22-10)9-20-8-12(21)7-15(20)17-18-11(2)19-23-17/h3-6,12,15,21H,7-9H2,1-2H3/t12-,15-/m1/s1. The second-order valence-electron chi connectivity index (χ2n) is 6.15. The zero-order chi connectivity index (χ0) is 16.0. The molecule has 0 spiro atoms. The molecule has 23 heavy (non-hydrogen) atoms. The maximum atomic E-state index is 10.1. The van der Waals surface area contributed by atoms with Crippen molar-refractivity contribution in [1.29, 1.82) is 0 Å². The molecule has 1 fully saturated rings. The molecule has 1 aliphatic rings. The molecule has 6 heteroatoms. The van der Waals surface area contributed by atoms with Gasteiger partial charge < -0.3 is 14.0 Å². The van der Waals surface area contributed by atoms with Crippen molar-refractivity contribution in [3.05, 3.63) is 47.3 Å². The molecule has 3 heterocycles. The van der Waals surface area contributed by atoms with Crippen LogP contribution in [0.3, 0.4) is 0 Å². The zero-order valence-corrected chi connectivity index (χ0v) is 13.2. The van der Waals surface area contributed by atoms with Crippen molar-refractivity contribution in [3.8, 4) is 0 Å². The molecule has 0 saturated carbocycles. The van der Waals surface area contributed by atoms with Gasteiger partial charge in [0, 0.05) is 24.0 Å². The van der Waals surface area contributed by atoms with Gasteiger partial charge in [0.05, 0.1) is 12.1 Å². The Balaban J connectivity index is 1.67. The molecule has 3 aromatic rings. The highest BCUT2D eigenvalue weighted by molar-refractivity contribution is 5.82. The normalized spacial score (nSPS) is 22.2. The molecule has 1 aliphatic heterocycles. The molecule has 0 aliphatic carbocycles. The van der Waals surface area contributed by atoms with E-state index in [-0.39, 0.29) is 12.1 Å². The summed E-state index contributed by atoms with van der Waals surface area (Å²) in [5.41, 5.74) is 2.04. The monoisotopic (exact) mass is 313 g/mol. The molecular formula is C17H19N3O3. The zero-order valence-electron chi connectivity index (χ0n) is 13.2. The predicted octanol–water partition coefficient (Wildman–Crippen LogP) is 2.74. The van der Waals surface area contributed by atoms with Gasteiger partial charge in [0.1, 0.15) is 11.3 Å². The van der Waals surface area contributed by atoms with Gasteiger partial charge in [-0.25, -0.2) is 0 Å². The highest BCUT2D eigenvalue weighted by atomic mass is 16.5. The van der Waals surface area contributed by atoms with Crippen LogP contribution in [0.4, 0.5) is 0 Å². The topological polar surface area (TPSA) is 75.5 Å². The Hall–Kier alpha value is -2.18. The van der Waals surface area contributed by atoms with Crippen LogP contribution in [0, 0.1) is 13.8 Å². The third-order valence-electron chi connectivity index (χ3n) is 4.47. The Bertz CT molecular complexity index is 839. The minimum absolute atomic E-state index is 0.0562. The molecule has 120 valence electrons. The van der Waals surface area contributed by atoms with E-state index in [9.17, 15) is 5.11 Å². The number of hydrogen-bond donors (Lipinski definition) is 1. The fourth-order valence-electron chi connectivity index (χ4n) is 3.38. The number of likely N-dealkylation sites (tertiary alicyclic amines) is 1. The van der Waals surface area contributed by atoms with Gasteiger partial charge in [-0.2, -0.15) is 4.98 Å². The highest BCUT2D eigenvalue weighted by Gasteiger charge is 2.36. The van der Waals surface area contributed by atoms with Crippen molar-refractivity contribution >= 4 is 11.0 Å². The van der Waals surface area contributed by atoms with E-state index in [0.717, 1.165) is 22.3 Å². The van der Waals surface area contributed by atoms with Crippen LogP contribution in [-0.2, 0) is 6.54 Å². The molecule has 6 nitrogen and oxygen atoms in total. The van der Waals surface area contributed by atoms with Gasteiger partial charge >= 0.3 is 0 Å². The van der Waals surface area contributed by atoms with Gasteiger partial charge in [-0.15, -0.1) is 0 Å². The van der Waals surface area contributed by atoms with Gasteiger partial charge in [0.25, 0.3) is 0 Å². The first-order valence-corrected chi connectivity index (χ1v) is 7.81. The van der Waals surface area contributed by atoms with Gasteiger partial charge in [-0.1, -0.05) is 23.4 Å². The first kappa shape index (κ1) is 14.4. The van der Waals surface area contributed by atoms with E-state index >= 15 is 0 Å². The molecule has 1 saturated heterocycles. The van der Waals surface area contributed by atoms with Crippen LogP contribution in [0.15, 0.2) is 33.2 Å². The van der Waals surface area contributed by atoms with E-state index < -0.39 is 0 Å². The molecule has 1 aromatic carbocycles. The average Bonchev–Trinajstić information content (AvgIpc) is 3.18. The van der Waals surface area contributed by atoms with Crippen LogP contribution in [0.25, 0.3) is 11.0 Å². The van der Waals surface area contributed by atoms with Crippen molar-refractivity contribution in [3.63, 3.8) is 0 Å². The summed E-state index contributed by atoms with van der Waals surface area (Å²) >= 11 is 0. The van der Waals surface area contributed by atoms with Gasteiger partial charge in [-0.05, 0) is 26.3 Å². The number of β-amino-alcohol motifs (C(OH)–C–C–N with tert-alkyl or cyclic N) is 1. The summed E-state index contributed by atoms with van der Waals surface area (Å²) in [6.45, 7) is 5.06. The number of furan rings is 1. The Morgan fingerprint density at radius 2 is 2.13 bits per heavy atom. The highest BCUT2D eigenvalue weighted by Crippen LogP contribution is 2.35. The van der Waals surface area contributed by atoms with Crippen molar-refractivity contribution in [1.82, 2.24) is 15.0 Å². The number of nitrogens with zero attached hydrogens (tertiary/aromatic N) is 3. The molecule has 0 bridgehead atoms. The fourth-order valence-corrected chi connectivity index (χ4v) is 3.38. The first-order chi connectivity index (χ1) is 11.1. The lowest BCUT2D eigenvalue weighted by Gasteiger charge is -2.21. The van der Waals surface area contributed by atoms with Crippen molar-refractivity contribution in [2.45, 2.75) is 39.0 Å². The number of benzene rings is 1. The van der Waals surface area contributed by atoms with Crippen LogP contribution in [0.2, 0.25) is 0 Å². The molecule has 2 aromatic heterocycles. The lowest BCUT2D eigenvalue weighted by molar-refractivity contribution is 0.169. The van der Waals surface area contributed by atoms with E-state index in [2.05, 4.69) is 21.1 Å². The average molecular weight is 313 g/mol. The molecule has 4 rings (SSSR count). The van der Waals surface area contributed by atoms with E-state index in [0.29, 0.717) is 31.2 Å². The maximum Gasteiger partial charge on any atom is 0.244 e. The van der Waals surface area contributed by atoms with Gasteiger partial charge in [0.15, 0.2) is 5.82 Å². The Kier molecular flexibility index (Phi) is 3.43. The van der Waals surface area contributed by atoms with Crippen LogP contribution in [-0.4, -0.2) is 32.8 Å². The largest absolute Gasteiger partial charge is 0.461 e. The van der Waals surface area contributed by atoms with E-state index in [1.165, 1.54) is 0 Å². The van der Waals surface area contributed by atoms with Gasteiger partial charge in [-0.3, -0.25) is 4.90 Å². The van der Waals surface area contributed by atoms with Gasteiger partial charge in [0.2, 0.25) is 5.89 Å². The summed E-state index contributed by atoms with van der Waals surface area (Å²) in [6, 6.07) is 7.97. The van der Waals surface area contributed by atoms with Crippen LogP contribution >= 0.6 is 0 Å². The number of aliphatic hydroxyl groups is 1. The SMILES string of the molecule is Cc1noc([C@H]2C[C@@H](O)CN2Cc2c(C)oc3ccccc23)n1. The summed E-state index contributed by atoms with van der Waals surface area (Å²) in [4.78, 5) is 6.52. The lowest BCUT2D eigenvalue weighted by Crippen LogP contribution is -2.24. The van der Waals surface area contributed by atoms with E-state index in [4.69, 9.17) is 8.94 Å². The minimum Gasteiger partial charge on any atom is -0.461 e. The molecule has 1 N–H and O–H groups in total. The summed E-state index contributed by atoms with van der Waals surface area (Å²) in [7, 11) is 0. The second-order valence-corrected chi connectivity index (χ2v) is 6.15. The number of aromatic nitrogens is 2. The number of hydrogen-bond acceptors (Lipinski definition) is 6. The summed E-state index contributed by atoms with van der Waals surface area (Å²) < 4.78 is 11.2. The molecule has 0 unspecified atom stereocenters. The Morgan fingerprint density at radius 3 is 2.91 bits per heavy atom. The van der Waals surface area contributed by atoms with Crippen LogP contribution in [0.5, 0.6) is 0 Å². The van der Waals surface area contributed by atoms with Crippen LogP contribution < -0.4 is 0 Å². The summed E-state index contributed by atoms with van der Waals surface area (Å²) in [5, 5.41) is 15.1. The number of fused-ring (bicyclic) bond motifs is 1. The maximum absolute atomic E-state index is 10.1. The predicted molar refractivity (Wildman–Crippen MR) is 83.8 cm³/mol. The summed E-state index contributed by atoms with van der Waals surface area (Å²) in [6.07, 6.45) is 0.224. The van der Waals surface area contributed by atoms with E-state index in [1.54, 1.807) is 6.92 Å². The molecule has 0 radical (unpaired) electrons. The third kappa shape index (κ3) is 2.54. The van der Waals surface area contributed by atoms with Crippen molar-refractivity contribution in [2.24, 2.45) is 0 Å². The fraction of sp³-hybridized carbons (Fsp3) is 0.412. The second kappa shape index (κ2) is 5.47. The number of para-hydroxylation sites is 1. The Labute approximate surface area is 133 Å². The van der Waals surface area contributed by atoms with Crippen LogP contribution in [0.1, 0.15) is 35.5 Å². The lowest BCUT2D eigenvalue weighted by atomic mass is 10.1. The molecular weight excluding hydrogens is 294 g/mol.